The van der Waals surface area contributed by atoms with E-state index >= 15 is 0 Å². The summed E-state index contributed by atoms with van der Waals surface area (Å²) < 4.78 is 13.4. The Balaban J connectivity index is 2.43. The maximum Gasteiger partial charge on any atom is 0.166 e. The van der Waals surface area contributed by atoms with Crippen LogP contribution in [0.3, 0.4) is 0 Å². The zero-order valence-corrected chi connectivity index (χ0v) is 8.57. The van der Waals surface area contributed by atoms with Crippen molar-refractivity contribution in [3.63, 3.8) is 0 Å². The smallest absolute Gasteiger partial charge is 0.166 e. The molecule has 1 fully saturated rings. The van der Waals surface area contributed by atoms with Gasteiger partial charge >= 0.3 is 0 Å². The number of hydrogen-bond donors (Lipinski definition) is 0. The maximum absolute atomic E-state index is 13.4. The largest absolute Gasteiger partial charge is 0.294 e. The normalized spacial score (nSPS) is 15.6. The highest BCUT2D eigenvalue weighted by Crippen LogP contribution is 2.34. The summed E-state index contributed by atoms with van der Waals surface area (Å²) in [6.07, 6.45) is 1.87. The summed E-state index contributed by atoms with van der Waals surface area (Å²) in [5, 5.41) is 0.0786. The fourth-order valence-corrected chi connectivity index (χ4v) is 1.69. The second-order valence-corrected chi connectivity index (χ2v) is 4.08. The second-order valence-electron chi connectivity index (χ2n) is 3.67. The van der Waals surface area contributed by atoms with E-state index in [1.54, 1.807) is 13.0 Å². The van der Waals surface area contributed by atoms with Gasteiger partial charge < -0.3 is 0 Å². The van der Waals surface area contributed by atoms with Gasteiger partial charge in [-0.15, -0.1) is 0 Å². The molecule has 2 rings (SSSR count). The van der Waals surface area contributed by atoms with Crippen LogP contribution < -0.4 is 0 Å². The minimum Gasteiger partial charge on any atom is -0.294 e. The lowest BCUT2D eigenvalue weighted by Crippen LogP contribution is -2.05. The van der Waals surface area contributed by atoms with Gasteiger partial charge in [0.25, 0.3) is 0 Å². The number of carbonyl (C=O) groups excluding carboxylic acids is 1. The van der Waals surface area contributed by atoms with Crippen molar-refractivity contribution in [3.8, 4) is 0 Å². The third kappa shape index (κ3) is 1.55. The Bertz CT molecular complexity index is 397. The molecule has 0 unspecified atom stereocenters. The minimum atomic E-state index is -0.474. The Kier molecular flexibility index (Phi) is 2.31. The number of hydrogen-bond acceptors (Lipinski definition) is 1. The highest BCUT2D eigenvalue weighted by atomic mass is 35.5. The first-order valence-electron chi connectivity index (χ1n) is 4.60. The molecule has 0 heterocycles. The Morgan fingerprint density at radius 2 is 2.14 bits per heavy atom. The predicted molar refractivity (Wildman–Crippen MR) is 53.2 cm³/mol. The summed E-state index contributed by atoms with van der Waals surface area (Å²) in [5.41, 5.74) is 0.851. The first-order chi connectivity index (χ1) is 6.61. The van der Waals surface area contributed by atoms with Crippen molar-refractivity contribution in [2.75, 3.05) is 0 Å². The molecule has 0 aromatic heterocycles. The third-order valence-corrected chi connectivity index (χ3v) is 2.84. The molecule has 1 aromatic rings. The van der Waals surface area contributed by atoms with Crippen molar-refractivity contribution in [2.24, 2.45) is 5.92 Å². The second kappa shape index (κ2) is 3.35. The van der Waals surface area contributed by atoms with Gasteiger partial charge in [-0.25, -0.2) is 4.39 Å². The minimum absolute atomic E-state index is 0.0538. The molecular weight excluding hydrogens is 203 g/mol. The molecule has 0 N–H and O–H groups in total. The Hall–Kier alpha value is -0.890. The van der Waals surface area contributed by atoms with Crippen LogP contribution in [0.2, 0.25) is 5.02 Å². The summed E-state index contributed by atoms with van der Waals surface area (Å²) in [4.78, 5) is 11.7. The van der Waals surface area contributed by atoms with E-state index in [0.29, 0.717) is 11.1 Å². The molecule has 14 heavy (non-hydrogen) atoms. The molecule has 1 aliphatic rings. The first kappa shape index (κ1) is 9.66. The van der Waals surface area contributed by atoms with Crippen LogP contribution >= 0.6 is 11.6 Å². The van der Waals surface area contributed by atoms with E-state index in [0.717, 1.165) is 12.8 Å². The molecule has 0 atom stereocenters. The molecule has 0 aliphatic heterocycles. The third-order valence-electron chi connectivity index (χ3n) is 2.55. The quantitative estimate of drug-likeness (QED) is 0.687. The fraction of sp³-hybridized carbons (Fsp3) is 0.364. The lowest BCUT2D eigenvalue weighted by molar-refractivity contribution is 0.0966. The zero-order chi connectivity index (χ0) is 10.3. The van der Waals surface area contributed by atoms with Crippen molar-refractivity contribution in [2.45, 2.75) is 19.8 Å². The average molecular weight is 213 g/mol. The molecular formula is C11H10ClFO. The van der Waals surface area contributed by atoms with Gasteiger partial charge in [-0.05, 0) is 37.5 Å². The van der Waals surface area contributed by atoms with Crippen LogP contribution in [0.4, 0.5) is 4.39 Å². The van der Waals surface area contributed by atoms with Crippen molar-refractivity contribution >= 4 is 17.4 Å². The van der Waals surface area contributed by atoms with E-state index in [1.807, 2.05) is 0 Å². The van der Waals surface area contributed by atoms with Gasteiger partial charge in [0, 0.05) is 11.5 Å². The van der Waals surface area contributed by atoms with E-state index in [2.05, 4.69) is 0 Å². The number of ketones is 1. The van der Waals surface area contributed by atoms with E-state index in [4.69, 9.17) is 11.6 Å². The fourth-order valence-electron chi connectivity index (χ4n) is 1.48. The van der Waals surface area contributed by atoms with Gasteiger partial charge in [0.15, 0.2) is 5.78 Å². The topological polar surface area (TPSA) is 17.1 Å². The molecule has 0 saturated heterocycles. The number of benzene rings is 1. The molecule has 1 aliphatic carbocycles. The Labute approximate surface area is 86.9 Å². The van der Waals surface area contributed by atoms with Crippen molar-refractivity contribution in [1.29, 1.82) is 0 Å². The van der Waals surface area contributed by atoms with Crippen molar-refractivity contribution < 1.29 is 9.18 Å². The van der Waals surface area contributed by atoms with Crippen LogP contribution in [0, 0.1) is 18.7 Å². The van der Waals surface area contributed by atoms with Crippen LogP contribution in [0.25, 0.3) is 0 Å². The molecule has 1 saturated carbocycles. The lowest BCUT2D eigenvalue weighted by atomic mass is 10.0. The van der Waals surface area contributed by atoms with Gasteiger partial charge in [-0.3, -0.25) is 4.79 Å². The van der Waals surface area contributed by atoms with Gasteiger partial charge in [-0.2, -0.15) is 0 Å². The number of halogens is 2. The predicted octanol–water partition coefficient (Wildman–Crippen LogP) is 3.38. The standard InChI is InChI=1S/C11H10ClFO/c1-6-8(11(14)7-2-3-7)4-5-9(12)10(6)13/h4-5,7H,2-3H2,1H3. The highest BCUT2D eigenvalue weighted by Gasteiger charge is 2.31. The number of rotatable bonds is 2. The summed E-state index contributed by atoms with van der Waals surface area (Å²) in [6, 6.07) is 3.06. The van der Waals surface area contributed by atoms with Crippen LogP contribution in [0.1, 0.15) is 28.8 Å². The molecule has 1 aromatic carbocycles. The molecule has 3 heteroatoms. The van der Waals surface area contributed by atoms with Crippen molar-refractivity contribution in [1.82, 2.24) is 0 Å². The van der Waals surface area contributed by atoms with Gasteiger partial charge in [-0.1, -0.05) is 11.6 Å². The molecule has 1 nitrogen and oxygen atoms in total. The van der Waals surface area contributed by atoms with E-state index in [-0.39, 0.29) is 16.7 Å². The summed E-state index contributed by atoms with van der Waals surface area (Å²) in [7, 11) is 0. The van der Waals surface area contributed by atoms with Gasteiger partial charge in [0.2, 0.25) is 0 Å². The van der Waals surface area contributed by atoms with Crippen molar-refractivity contribution in [3.05, 3.63) is 34.1 Å². The molecule has 74 valence electrons. The monoisotopic (exact) mass is 212 g/mol. The average Bonchev–Trinajstić information content (AvgIpc) is 2.97. The maximum atomic E-state index is 13.4. The summed E-state index contributed by atoms with van der Waals surface area (Å²) in [5.74, 6) is -0.300. The van der Waals surface area contributed by atoms with E-state index in [9.17, 15) is 9.18 Å². The lowest BCUT2D eigenvalue weighted by Gasteiger charge is -2.05. The molecule has 0 amide bonds. The zero-order valence-electron chi connectivity index (χ0n) is 7.81. The molecule has 0 bridgehead atoms. The summed E-state index contributed by atoms with van der Waals surface area (Å²) >= 11 is 5.60. The molecule has 0 radical (unpaired) electrons. The number of carbonyl (C=O) groups is 1. The van der Waals surface area contributed by atoms with E-state index in [1.165, 1.54) is 6.07 Å². The van der Waals surface area contributed by atoms with Gasteiger partial charge in [0.05, 0.1) is 5.02 Å². The van der Waals surface area contributed by atoms with Crippen LogP contribution in [-0.4, -0.2) is 5.78 Å². The van der Waals surface area contributed by atoms with Gasteiger partial charge in [0.1, 0.15) is 5.82 Å². The van der Waals surface area contributed by atoms with Crippen LogP contribution in [-0.2, 0) is 0 Å². The SMILES string of the molecule is Cc1c(C(=O)C2CC2)ccc(Cl)c1F. The Morgan fingerprint density at radius 3 is 2.71 bits per heavy atom. The molecule has 0 spiro atoms. The van der Waals surface area contributed by atoms with Crippen LogP contribution in [0.15, 0.2) is 12.1 Å². The highest BCUT2D eigenvalue weighted by molar-refractivity contribution is 6.31. The van der Waals surface area contributed by atoms with Crippen LogP contribution in [0.5, 0.6) is 0 Å². The van der Waals surface area contributed by atoms with E-state index < -0.39 is 5.82 Å². The summed E-state index contributed by atoms with van der Waals surface area (Å²) in [6.45, 7) is 1.59. The Morgan fingerprint density at radius 1 is 1.50 bits per heavy atom. The first-order valence-corrected chi connectivity index (χ1v) is 4.98. The number of Topliss-reactive ketones (excluding diaryl/α,β-unsaturated/α-hetero) is 1.